The van der Waals surface area contributed by atoms with Crippen LogP contribution in [0.2, 0.25) is 0 Å². The van der Waals surface area contributed by atoms with Gasteiger partial charge in [-0.3, -0.25) is 0 Å². The molecule has 4 heteroatoms. The van der Waals surface area contributed by atoms with E-state index < -0.39 is 9.84 Å². The van der Waals surface area contributed by atoms with E-state index in [2.05, 4.69) is 0 Å². The summed E-state index contributed by atoms with van der Waals surface area (Å²) in [7, 11) is -1.16. The first-order chi connectivity index (χ1) is 6.59. The number of aromatic nitrogens is 1. The summed E-state index contributed by atoms with van der Waals surface area (Å²) in [6.07, 6.45) is 6.91. The number of hydrogen-bond acceptors (Lipinski definition) is 2. The summed E-state index contributed by atoms with van der Waals surface area (Å²) in [5.41, 5.74) is 0.898. The molecule has 2 rings (SSSR count). The fourth-order valence-electron chi connectivity index (χ4n) is 1.40. The third-order valence-electron chi connectivity index (χ3n) is 2.23. The highest BCUT2D eigenvalue weighted by atomic mass is 32.2. The third kappa shape index (κ3) is 1.53. The standard InChI is InChI=1S/C10H11NO2S/c1-11-6-2-4-9(11)8-10-5-3-7-14(10,12)13/h2-6,8H,7H2,1H3. The Morgan fingerprint density at radius 3 is 2.79 bits per heavy atom. The number of nitrogens with zero attached hydrogens (tertiary/aromatic N) is 1. The molecule has 1 aliphatic heterocycles. The van der Waals surface area contributed by atoms with Gasteiger partial charge in [-0.2, -0.15) is 0 Å². The van der Waals surface area contributed by atoms with E-state index in [-0.39, 0.29) is 5.75 Å². The van der Waals surface area contributed by atoms with Crippen LogP contribution in [0.15, 0.2) is 35.4 Å². The first-order valence-electron chi connectivity index (χ1n) is 4.32. The van der Waals surface area contributed by atoms with Crippen molar-refractivity contribution < 1.29 is 8.42 Å². The molecular weight excluding hydrogens is 198 g/mol. The molecule has 1 aromatic rings. The van der Waals surface area contributed by atoms with Crippen molar-refractivity contribution >= 4 is 15.9 Å². The Bertz CT molecular complexity index is 506. The van der Waals surface area contributed by atoms with Crippen LogP contribution in [0.4, 0.5) is 0 Å². The van der Waals surface area contributed by atoms with E-state index in [1.54, 1.807) is 18.2 Å². The van der Waals surface area contributed by atoms with E-state index in [4.69, 9.17) is 0 Å². The summed E-state index contributed by atoms with van der Waals surface area (Å²) in [6.45, 7) is 0. The molecule has 0 radical (unpaired) electrons. The van der Waals surface area contributed by atoms with Crippen LogP contribution in [0.1, 0.15) is 5.69 Å². The molecule has 0 aromatic carbocycles. The minimum atomic E-state index is -3.04. The van der Waals surface area contributed by atoms with E-state index in [0.29, 0.717) is 4.91 Å². The lowest BCUT2D eigenvalue weighted by atomic mass is 10.3. The Balaban J connectivity index is 2.46. The predicted octanol–water partition coefficient (Wildman–Crippen LogP) is 1.35. The molecule has 2 heterocycles. The van der Waals surface area contributed by atoms with Crippen LogP contribution in [0.3, 0.4) is 0 Å². The summed E-state index contributed by atoms with van der Waals surface area (Å²) in [5.74, 6) is 0.128. The zero-order chi connectivity index (χ0) is 10.2. The van der Waals surface area contributed by atoms with Gasteiger partial charge in [-0.1, -0.05) is 6.08 Å². The molecule has 0 saturated carbocycles. The Kier molecular flexibility index (Phi) is 2.07. The molecule has 0 amide bonds. The van der Waals surface area contributed by atoms with Gasteiger partial charge in [0.05, 0.1) is 10.7 Å². The van der Waals surface area contributed by atoms with E-state index in [1.165, 1.54) is 0 Å². The van der Waals surface area contributed by atoms with E-state index in [9.17, 15) is 8.42 Å². The average molecular weight is 209 g/mol. The normalized spacial score (nSPS) is 21.9. The number of rotatable bonds is 1. The van der Waals surface area contributed by atoms with Crippen LogP contribution in [0, 0.1) is 0 Å². The molecule has 0 fully saturated rings. The molecule has 1 aliphatic rings. The Morgan fingerprint density at radius 2 is 2.29 bits per heavy atom. The van der Waals surface area contributed by atoms with E-state index >= 15 is 0 Å². The van der Waals surface area contributed by atoms with Crippen molar-refractivity contribution in [3.63, 3.8) is 0 Å². The van der Waals surface area contributed by atoms with Gasteiger partial charge in [-0.15, -0.1) is 0 Å². The van der Waals surface area contributed by atoms with Crippen LogP contribution in [-0.4, -0.2) is 18.7 Å². The summed E-state index contributed by atoms with van der Waals surface area (Å²) in [4.78, 5) is 0.402. The van der Waals surface area contributed by atoms with Crippen LogP contribution < -0.4 is 0 Å². The average Bonchev–Trinajstić information content (AvgIpc) is 2.62. The number of aryl methyl sites for hydroxylation is 1. The monoisotopic (exact) mass is 209 g/mol. The maximum absolute atomic E-state index is 11.5. The zero-order valence-electron chi connectivity index (χ0n) is 7.84. The largest absolute Gasteiger partial charge is 0.351 e. The van der Waals surface area contributed by atoms with Crippen molar-refractivity contribution in [3.05, 3.63) is 41.1 Å². The SMILES string of the molecule is Cn1cccc1C=C1C=CCS1(=O)=O. The number of allylic oxidation sites excluding steroid dienone is 1. The molecule has 0 aliphatic carbocycles. The quantitative estimate of drug-likeness (QED) is 0.700. The highest BCUT2D eigenvalue weighted by molar-refractivity contribution is 7.96. The molecular formula is C10H11NO2S. The minimum Gasteiger partial charge on any atom is -0.351 e. The van der Waals surface area contributed by atoms with Gasteiger partial charge in [0.1, 0.15) is 0 Å². The molecule has 0 atom stereocenters. The van der Waals surface area contributed by atoms with Crippen molar-refractivity contribution in [2.45, 2.75) is 0 Å². The van der Waals surface area contributed by atoms with E-state index in [1.807, 2.05) is 29.9 Å². The smallest absolute Gasteiger partial charge is 0.181 e. The molecule has 0 unspecified atom stereocenters. The number of sulfone groups is 1. The Morgan fingerprint density at radius 1 is 1.50 bits per heavy atom. The molecule has 0 saturated heterocycles. The summed E-state index contributed by atoms with van der Waals surface area (Å²) < 4.78 is 24.8. The third-order valence-corrected chi connectivity index (χ3v) is 3.83. The summed E-state index contributed by atoms with van der Waals surface area (Å²) in [6, 6.07) is 3.77. The lowest BCUT2D eigenvalue weighted by Gasteiger charge is -1.98. The Hall–Kier alpha value is -1.29. The van der Waals surface area contributed by atoms with Gasteiger partial charge in [0.25, 0.3) is 0 Å². The first kappa shape index (κ1) is 9.27. The molecule has 0 bridgehead atoms. The predicted molar refractivity (Wildman–Crippen MR) is 56.3 cm³/mol. The fraction of sp³-hybridized carbons (Fsp3) is 0.200. The molecule has 1 aromatic heterocycles. The van der Waals surface area contributed by atoms with Crippen molar-refractivity contribution in [2.75, 3.05) is 5.75 Å². The zero-order valence-corrected chi connectivity index (χ0v) is 8.66. The van der Waals surface area contributed by atoms with Crippen molar-refractivity contribution in [2.24, 2.45) is 7.05 Å². The van der Waals surface area contributed by atoms with Crippen molar-refractivity contribution in [1.82, 2.24) is 4.57 Å². The molecule has 14 heavy (non-hydrogen) atoms. The topological polar surface area (TPSA) is 39.1 Å². The lowest BCUT2D eigenvalue weighted by molar-refractivity contribution is 0.607. The summed E-state index contributed by atoms with van der Waals surface area (Å²) in [5, 5.41) is 0. The van der Waals surface area contributed by atoms with Gasteiger partial charge < -0.3 is 4.57 Å². The highest BCUT2D eigenvalue weighted by Crippen LogP contribution is 2.19. The first-order valence-corrected chi connectivity index (χ1v) is 5.97. The van der Waals surface area contributed by atoms with E-state index in [0.717, 1.165) is 5.69 Å². The fourth-order valence-corrected chi connectivity index (χ4v) is 2.54. The van der Waals surface area contributed by atoms with Gasteiger partial charge in [0.2, 0.25) is 0 Å². The second kappa shape index (κ2) is 3.13. The van der Waals surface area contributed by atoms with Crippen molar-refractivity contribution in [1.29, 1.82) is 0 Å². The second-order valence-electron chi connectivity index (χ2n) is 3.27. The maximum Gasteiger partial charge on any atom is 0.181 e. The van der Waals surface area contributed by atoms with Gasteiger partial charge in [0, 0.05) is 18.9 Å². The van der Waals surface area contributed by atoms with Crippen LogP contribution >= 0.6 is 0 Å². The van der Waals surface area contributed by atoms with Gasteiger partial charge in [-0.05, 0) is 24.3 Å². The highest BCUT2D eigenvalue weighted by Gasteiger charge is 2.19. The van der Waals surface area contributed by atoms with Crippen LogP contribution in [0.25, 0.3) is 6.08 Å². The lowest BCUT2D eigenvalue weighted by Crippen LogP contribution is -2.00. The molecule has 0 spiro atoms. The second-order valence-corrected chi connectivity index (χ2v) is 5.31. The van der Waals surface area contributed by atoms with Crippen molar-refractivity contribution in [3.8, 4) is 0 Å². The van der Waals surface area contributed by atoms with Crippen LogP contribution in [0.5, 0.6) is 0 Å². The number of hydrogen-bond donors (Lipinski definition) is 0. The molecule has 3 nitrogen and oxygen atoms in total. The molecule has 74 valence electrons. The van der Waals surface area contributed by atoms with Gasteiger partial charge in [-0.25, -0.2) is 8.42 Å². The van der Waals surface area contributed by atoms with Gasteiger partial charge >= 0.3 is 0 Å². The minimum absolute atomic E-state index is 0.128. The summed E-state index contributed by atoms with van der Waals surface area (Å²) >= 11 is 0. The Labute approximate surface area is 83.3 Å². The maximum atomic E-state index is 11.5. The van der Waals surface area contributed by atoms with Crippen LogP contribution in [-0.2, 0) is 16.9 Å². The molecule has 0 N–H and O–H groups in total. The van der Waals surface area contributed by atoms with Gasteiger partial charge in [0.15, 0.2) is 9.84 Å².